The molecule has 96 valence electrons. The quantitative estimate of drug-likeness (QED) is 0.819. The summed E-state index contributed by atoms with van der Waals surface area (Å²) in [4.78, 5) is 11.9. The Kier molecular flexibility index (Phi) is 3.19. The van der Waals surface area contributed by atoms with Crippen LogP contribution in [0.2, 0.25) is 0 Å². The highest BCUT2D eigenvalue weighted by atomic mass is 16.1. The van der Waals surface area contributed by atoms with Crippen molar-refractivity contribution >= 4 is 11.6 Å². The number of carbonyl (C=O) groups is 1. The average Bonchev–Trinajstić information content (AvgIpc) is 2.44. The largest absolute Gasteiger partial charge is 0.377 e. The van der Waals surface area contributed by atoms with E-state index in [1.54, 1.807) is 0 Å². The number of fused-ring (bicyclic) bond motifs is 1. The van der Waals surface area contributed by atoms with Crippen molar-refractivity contribution in [2.75, 3.05) is 5.32 Å². The summed E-state index contributed by atoms with van der Waals surface area (Å²) >= 11 is 0. The Labute approximate surface area is 112 Å². The van der Waals surface area contributed by atoms with E-state index in [4.69, 9.17) is 0 Å². The molecule has 2 aromatic carbocycles. The van der Waals surface area contributed by atoms with Gasteiger partial charge in [-0.3, -0.25) is 4.79 Å². The van der Waals surface area contributed by atoms with Crippen LogP contribution in [-0.2, 0) is 11.3 Å². The molecule has 0 aliphatic carbocycles. The lowest BCUT2D eigenvalue weighted by Crippen LogP contribution is -2.30. The SMILES string of the molecule is O=C1CC(c2ccccc2)Nc2ccccc2CN1. The highest BCUT2D eigenvalue weighted by molar-refractivity contribution is 5.78. The summed E-state index contributed by atoms with van der Waals surface area (Å²) in [5, 5.41) is 6.45. The van der Waals surface area contributed by atoms with Gasteiger partial charge < -0.3 is 10.6 Å². The molecular formula is C16H16N2O. The molecule has 1 heterocycles. The molecule has 19 heavy (non-hydrogen) atoms. The van der Waals surface area contributed by atoms with E-state index < -0.39 is 0 Å². The van der Waals surface area contributed by atoms with Gasteiger partial charge in [0.25, 0.3) is 0 Å². The molecule has 2 aromatic rings. The van der Waals surface area contributed by atoms with Gasteiger partial charge in [-0.05, 0) is 17.2 Å². The fourth-order valence-electron chi connectivity index (χ4n) is 2.39. The zero-order valence-corrected chi connectivity index (χ0v) is 10.6. The van der Waals surface area contributed by atoms with Crippen LogP contribution in [0.15, 0.2) is 54.6 Å². The Bertz CT molecular complexity index is 580. The summed E-state index contributed by atoms with van der Waals surface area (Å²) in [5.74, 6) is 0.0795. The van der Waals surface area contributed by atoms with Gasteiger partial charge in [0, 0.05) is 12.2 Å². The Morgan fingerprint density at radius 3 is 2.53 bits per heavy atom. The van der Waals surface area contributed by atoms with E-state index in [9.17, 15) is 4.79 Å². The standard InChI is InChI=1S/C16H16N2O/c19-16-10-15(12-6-2-1-3-7-12)18-14-9-5-4-8-13(14)11-17-16/h1-9,15,18H,10-11H2,(H,17,19). The monoisotopic (exact) mass is 252 g/mol. The van der Waals surface area contributed by atoms with E-state index in [0.29, 0.717) is 13.0 Å². The Morgan fingerprint density at radius 1 is 0.947 bits per heavy atom. The van der Waals surface area contributed by atoms with Gasteiger partial charge in [-0.25, -0.2) is 0 Å². The second-order valence-corrected chi connectivity index (χ2v) is 4.75. The first-order valence-corrected chi connectivity index (χ1v) is 6.49. The van der Waals surface area contributed by atoms with E-state index in [1.165, 1.54) is 0 Å². The predicted octanol–water partition coefficient (Wildman–Crippen LogP) is 2.86. The van der Waals surface area contributed by atoms with Crippen LogP contribution in [0.1, 0.15) is 23.6 Å². The van der Waals surface area contributed by atoms with Crippen LogP contribution in [0.4, 0.5) is 5.69 Å². The van der Waals surface area contributed by atoms with Crippen molar-refractivity contribution in [1.82, 2.24) is 5.32 Å². The lowest BCUT2D eigenvalue weighted by atomic mass is 10.0. The molecule has 0 radical (unpaired) electrons. The number of anilines is 1. The maximum Gasteiger partial charge on any atom is 0.222 e. The second-order valence-electron chi connectivity index (χ2n) is 4.75. The molecule has 2 N–H and O–H groups in total. The zero-order valence-electron chi connectivity index (χ0n) is 10.6. The molecule has 3 rings (SSSR count). The van der Waals surface area contributed by atoms with E-state index in [-0.39, 0.29) is 11.9 Å². The lowest BCUT2D eigenvalue weighted by molar-refractivity contribution is -0.121. The third-order valence-electron chi connectivity index (χ3n) is 3.41. The highest BCUT2D eigenvalue weighted by Gasteiger charge is 2.19. The van der Waals surface area contributed by atoms with Crippen molar-refractivity contribution in [3.63, 3.8) is 0 Å². The topological polar surface area (TPSA) is 41.1 Å². The first kappa shape index (κ1) is 11.8. The number of hydrogen-bond donors (Lipinski definition) is 2. The smallest absolute Gasteiger partial charge is 0.222 e. The number of amides is 1. The van der Waals surface area contributed by atoms with Crippen molar-refractivity contribution in [2.45, 2.75) is 19.0 Å². The van der Waals surface area contributed by atoms with Crippen molar-refractivity contribution < 1.29 is 4.79 Å². The summed E-state index contributed by atoms with van der Waals surface area (Å²) in [5.41, 5.74) is 3.35. The number of para-hydroxylation sites is 1. The van der Waals surface area contributed by atoms with E-state index in [0.717, 1.165) is 16.8 Å². The number of rotatable bonds is 1. The lowest BCUT2D eigenvalue weighted by Gasteiger charge is -2.25. The van der Waals surface area contributed by atoms with Crippen molar-refractivity contribution in [3.8, 4) is 0 Å². The van der Waals surface area contributed by atoms with Gasteiger partial charge in [0.05, 0.1) is 12.5 Å². The van der Waals surface area contributed by atoms with E-state index in [2.05, 4.69) is 28.8 Å². The van der Waals surface area contributed by atoms with Gasteiger partial charge in [-0.15, -0.1) is 0 Å². The van der Waals surface area contributed by atoms with Gasteiger partial charge >= 0.3 is 0 Å². The van der Waals surface area contributed by atoms with Crippen LogP contribution in [0.3, 0.4) is 0 Å². The maximum absolute atomic E-state index is 11.9. The van der Waals surface area contributed by atoms with Crippen LogP contribution < -0.4 is 10.6 Å². The minimum Gasteiger partial charge on any atom is -0.377 e. The molecule has 0 bridgehead atoms. The maximum atomic E-state index is 11.9. The first-order chi connectivity index (χ1) is 9.33. The van der Waals surface area contributed by atoms with Crippen molar-refractivity contribution in [3.05, 3.63) is 65.7 Å². The third kappa shape index (κ3) is 2.60. The molecule has 0 spiro atoms. The van der Waals surface area contributed by atoms with E-state index in [1.807, 2.05) is 36.4 Å². The Hall–Kier alpha value is -2.29. The molecule has 0 saturated heterocycles. The number of nitrogens with one attached hydrogen (secondary N) is 2. The second kappa shape index (κ2) is 5.14. The van der Waals surface area contributed by atoms with Crippen LogP contribution in [-0.4, -0.2) is 5.91 Å². The number of benzene rings is 2. The van der Waals surface area contributed by atoms with Crippen molar-refractivity contribution in [2.24, 2.45) is 0 Å². The minimum atomic E-state index is 0.0163. The summed E-state index contributed by atoms with van der Waals surface area (Å²) in [6.07, 6.45) is 0.457. The number of hydrogen-bond acceptors (Lipinski definition) is 2. The Morgan fingerprint density at radius 2 is 1.68 bits per heavy atom. The number of carbonyl (C=O) groups excluding carboxylic acids is 1. The van der Waals surface area contributed by atoms with Crippen LogP contribution >= 0.6 is 0 Å². The fraction of sp³-hybridized carbons (Fsp3) is 0.188. The van der Waals surface area contributed by atoms with Crippen LogP contribution in [0, 0.1) is 0 Å². The summed E-state index contributed by atoms with van der Waals surface area (Å²) < 4.78 is 0. The van der Waals surface area contributed by atoms with Crippen molar-refractivity contribution in [1.29, 1.82) is 0 Å². The predicted molar refractivity (Wildman–Crippen MR) is 75.7 cm³/mol. The van der Waals surface area contributed by atoms with Gasteiger partial charge in [0.15, 0.2) is 0 Å². The molecule has 0 aromatic heterocycles. The Balaban J connectivity index is 1.96. The molecule has 1 aliphatic heterocycles. The summed E-state index contributed by atoms with van der Waals surface area (Å²) in [6, 6.07) is 18.2. The van der Waals surface area contributed by atoms with Gasteiger partial charge in [0.2, 0.25) is 5.91 Å². The van der Waals surface area contributed by atoms with Crippen LogP contribution in [0.25, 0.3) is 0 Å². The molecule has 1 atom stereocenters. The highest BCUT2D eigenvalue weighted by Crippen LogP contribution is 2.26. The third-order valence-corrected chi connectivity index (χ3v) is 3.41. The molecule has 0 fully saturated rings. The molecule has 0 saturated carbocycles. The van der Waals surface area contributed by atoms with E-state index >= 15 is 0 Å². The molecule has 3 nitrogen and oxygen atoms in total. The molecule has 3 heteroatoms. The normalized spacial score (nSPS) is 18.5. The minimum absolute atomic E-state index is 0.0163. The fourth-order valence-corrected chi connectivity index (χ4v) is 2.39. The first-order valence-electron chi connectivity index (χ1n) is 6.49. The van der Waals surface area contributed by atoms with Gasteiger partial charge in [0.1, 0.15) is 0 Å². The molecule has 1 aliphatic rings. The zero-order chi connectivity index (χ0) is 13.1. The summed E-state index contributed by atoms with van der Waals surface area (Å²) in [6.45, 7) is 0.587. The van der Waals surface area contributed by atoms with Gasteiger partial charge in [-0.2, -0.15) is 0 Å². The molecular weight excluding hydrogens is 236 g/mol. The summed E-state index contributed by atoms with van der Waals surface area (Å²) in [7, 11) is 0. The van der Waals surface area contributed by atoms with Crippen LogP contribution in [0.5, 0.6) is 0 Å². The average molecular weight is 252 g/mol. The molecule has 1 unspecified atom stereocenters. The van der Waals surface area contributed by atoms with Gasteiger partial charge in [-0.1, -0.05) is 48.5 Å². The molecule has 1 amide bonds.